The lowest BCUT2D eigenvalue weighted by Crippen LogP contribution is -2.45. The van der Waals surface area contributed by atoms with Crippen LogP contribution in [0.5, 0.6) is 0 Å². The summed E-state index contributed by atoms with van der Waals surface area (Å²) < 4.78 is 0. The third kappa shape index (κ3) is 0.889. The molecule has 1 unspecified atom stereocenters. The molecule has 0 amide bonds. The highest BCUT2D eigenvalue weighted by Crippen LogP contribution is 2.17. The van der Waals surface area contributed by atoms with E-state index in [1.165, 1.54) is 0 Å². The average molecular weight is 126 g/mol. The van der Waals surface area contributed by atoms with E-state index in [0.29, 0.717) is 0 Å². The standard InChI is InChI=1S/C7H14N2/c1-4-7(2)8-5-6-9(7)3/h5-6,8H,4H2,1-3H3. The van der Waals surface area contributed by atoms with Gasteiger partial charge in [-0.25, -0.2) is 0 Å². The fourth-order valence-electron chi connectivity index (χ4n) is 0.946. The minimum absolute atomic E-state index is 0.167. The highest BCUT2D eigenvalue weighted by atomic mass is 15.3. The minimum Gasteiger partial charge on any atom is -0.368 e. The van der Waals surface area contributed by atoms with E-state index >= 15 is 0 Å². The summed E-state index contributed by atoms with van der Waals surface area (Å²) in [7, 11) is 2.08. The molecule has 0 radical (unpaired) electrons. The van der Waals surface area contributed by atoms with Crippen molar-refractivity contribution in [3.05, 3.63) is 12.4 Å². The molecular weight excluding hydrogens is 112 g/mol. The lowest BCUT2D eigenvalue weighted by atomic mass is 10.1. The molecule has 2 heteroatoms. The van der Waals surface area contributed by atoms with Crippen molar-refractivity contribution >= 4 is 0 Å². The molecule has 0 aromatic carbocycles. The molecule has 1 heterocycles. The molecule has 0 bridgehead atoms. The molecule has 1 N–H and O–H groups in total. The molecule has 0 saturated carbocycles. The third-order valence-corrected chi connectivity index (χ3v) is 2.16. The lowest BCUT2D eigenvalue weighted by Gasteiger charge is -2.32. The predicted molar refractivity (Wildman–Crippen MR) is 38.7 cm³/mol. The Morgan fingerprint density at radius 2 is 2.33 bits per heavy atom. The van der Waals surface area contributed by atoms with Gasteiger partial charge < -0.3 is 10.2 Å². The molecule has 9 heavy (non-hydrogen) atoms. The van der Waals surface area contributed by atoms with Crippen molar-refractivity contribution in [3.8, 4) is 0 Å². The van der Waals surface area contributed by atoms with Gasteiger partial charge in [0.25, 0.3) is 0 Å². The molecule has 2 nitrogen and oxygen atoms in total. The number of nitrogens with zero attached hydrogens (tertiary/aromatic N) is 1. The van der Waals surface area contributed by atoms with Gasteiger partial charge in [-0.05, 0) is 13.3 Å². The fourth-order valence-corrected chi connectivity index (χ4v) is 0.946. The van der Waals surface area contributed by atoms with Gasteiger partial charge >= 0.3 is 0 Å². The van der Waals surface area contributed by atoms with Crippen LogP contribution in [-0.2, 0) is 0 Å². The van der Waals surface area contributed by atoms with Crippen molar-refractivity contribution < 1.29 is 0 Å². The highest BCUT2D eigenvalue weighted by molar-refractivity contribution is 4.99. The normalized spacial score (nSPS) is 33.0. The molecule has 1 aliphatic rings. The monoisotopic (exact) mass is 126 g/mol. The van der Waals surface area contributed by atoms with Crippen LogP contribution in [-0.4, -0.2) is 17.6 Å². The maximum atomic E-state index is 3.28. The van der Waals surface area contributed by atoms with E-state index in [2.05, 4.69) is 37.3 Å². The van der Waals surface area contributed by atoms with Crippen LogP contribution in [0.1, 0.15) is 20.3 Å². The molecule has 0 fully saturated rings. The summed E-state index contributed by atoms with van der Waals surface area (Å²) in [5, 5.41) is 3.28. The fraction of sp³-hybridized carbons (Fsp3) is 0.714. The van der Waals surface area contributed by atoms with Gasteiger partial charge in [-0.15, -0.1) is 0 Å². The van der Waals surface area contributed by atoms with E-state index < -0.39 is 0 Å². The first kappa shape index (κ1) is 6.46. The molecule has 1 aliphatic heterocycles. The maximum absolute atomic E-state index is 3.28. The van der Waals surface area contributed by atoms with Crippen molar-refractivity contribution in [1.82, 2.24) is 10.2 Å². The second kappa shape index (κ2) is 1.94. The van der Waals surface area contributed by atoms with Crippen molar-refractivity contribution in [2.45, 2.75) is 25.9 Å². The SMILES string of the molecule is CCC1(C)NC=CN1C. The third-order valence-electron chi connectivity index (χ3n) is 2.16. The molecule has 0 aromatic rings. The van der Waals surface area contributed by atoms with Crippen LogP contribution in [0.3, 0.4) is 0 Å². The van der Waals surface area contributed by atoms with Gasteiger partial charge in [-0.3, -0.25) is 0 Å². The zero-order valence-electron chi connectivity index (χ0n) is 6.31. The smallest absolute Gasteiger partial charge is 0.106 e. The first-order valence-corrected chi connectivity index (χ1v) is 3.36. The second-order valence-corrected chi connectivity index (χ2v) is 2.70. The summed E-state index contributed by atoms with van der Waals surface area (Å²) in [5.74, 6) is 0. The summed E-state index contributed by atoms with van der Waals surface area (Å²) in [5.41, 5.74) is 0.167. The Kier molecular flexibility index (Phi) is 1.39. The maximum Gasteiger partial charge on any atom is 0.106 e. The Balaban J connectivity index is 2.62. The Bertz CT molecular complexity index is 131. The van der Waals surface area contributed by atoms with Crippen LogP contribution in [0, 0.1) is 0 Å². The lowest BCUT2D eigenvalue weighted by molar-refractivity contribution is 0.191. The number of hydrogen-bond donors (Lipinski definition) is 1. The van der Waals surface area contributed by atoms with Gasteiger partial charge in [-0.2, -0.15) is 0 Å². The zero-order valence-corrected chi connectivity index (χ0v) is 6.31. The van der Waals surface area contributed by atoms with Crippen LogP contribution in [0.2, 0.25) is 0 Å². The minimum atomic E-state index is 0.167. The van der Waals surface area contributed by atoms with Crippen LogP contribution in [0.4, 0.5) is 0 Å². The van der Waals surface area contributed by atoms with Crippen LogP contribution in [0.25, 0.3) is 0 Å². The summed E-state index contributed by atoms with van der Waals surface area (Å²) in [4.78, 5) is 2.19. The number of nitrogens with one attached hydrogen (secondary N) is 1. The van der Waals surface area contributed by atoms with Gasteiger partial charge in [0, 0.05) is 19.4 Å². The molecule has 1 rings (SSSR count). The second-order valence-electron chi connectivity index (χ2n) is 2.70. The first-order valence-electron chi connectivity index (χ1n) is 3.36. The molecule has 0 aromatic heterocycles. The van der Waals surface area contributed by atoms with Crippen molar-refractivity contribution in [1.29, 1.82) is 0 Å². The summed E-state index contributed by atoms with van der Waals surface area (Å²) >= 11 is 0. The van der Waals surface area contributed by atoms with Crippen LogP contribution >= 0.6 is 0 Å². The number of rotatable bonds is 1. The Morgan fingerprint density at radius 3 is 2.56 bits per heavy atom. The summed E-state index contributed by atoms with van der Waals surface area (Å²) in [6.07, 6.45) is 5.17. The van der Waals surface area contributed by atoms with Gasteiger partial charge in [0.15, 0.2) is 0 Å². The van der Waals surface area contributed by atoms with E-state index in [0.717, 1.165) is 6.42 Å². The molecule has 0 spiro atoms. The van der Waals surface area contributed by atoms with Gasteiger partial charge in [0.05, 0.1) is 0 Å². The molecule has 1 atom stereocenters. The highest BCUT2D eigenvalue weighted by Gasteiger charge is 2.26. The van der Waals surface area contributed by atoms with Crippen molar-refractivity contribution in [2.24, 2.45) is 0 Å². The van der Waals surface area contributed by atoms with E-state index in [1.54, 1.807) is 0 Å². The van der Waals surface area contributed by atoms with E-state index in [4.69, 9.17) is 0 Å². The number of hydrogen-bond acceptors (Lipinski definition) is 2. The van der Waals surface area contributed by atoms with Gasteiger partial charge in [-0.1, -0.05) is 6.92 Å². The van der Waals surface area contributed by atoms with Crippen molar-refractivity contribution in [3.63, 3.8) is 0 Å². The van der Waals surface area contributed by atoms with E-state index in [9.17, 15) is 0 Å². The first-order chi connectivity index (χ1) is 4.19. The Hall–Kier alpha value is -0.660. The molecular formula is C7H14N2. The van der Waals surface area contributed by atoms with E-state index in [1.807, 2.05) is 6.20 Å². The molecule has 0 aliphatic carbocycles. The van der Waals surface area contributed by atoms with Gasteiger partial charge in [0.2, 0.25) is 0 Å². The molecule has 0 saturated heterocycles. The summed E-state index contributed by atoms with van der Waals surface area (Å²) in [6.45, 7) is 4.36. The van der Waals surface area contributed by atoms with Crippen LogP contribution < -0.4 is 5.32 Å². The Labute approximate surface area is 56.5 Å². The van der Waals surface area contributed by atoms with Crippen LogP contribution in [0.15, 0.2) is 12.4 Å². The largest absolute Gasteiger partial charge is 0.368 e. The molecule has 52 valence electrons. The van der Waals surface area contributed by atoms with Gasteiger partial charge in [0.1, 0.15) is 5.66 Å². The Morgan fingerprint density at radius 1 is 1.67 bits per heavy atom. The zero-order chi connectivity index (χ0) is 6.91. The van der Waals surface area contributed by atoms with E-state index in [-0.39, 0.29) is 5.66 Å². The van der Waals surface area contributed by atoms with Crippen molar-refractivity contribution in [2.75, 3.05) is 7.05 Å². The average Bonchev–Trinajstić information content (AvgIpc) is 2.15. The predicted octanol–water partition coefficient (Wildman–Crippen LogP) is 1.12. The topological polar surface area (TPSA) is 15.3 Å². The summed E-state index contributed by atoms with van der Waals surface area (Å²) in [6, 6.07) is 0. The quantitative estimate of drug-likeness (QED) is 0.566.